The first-order valence-corrected chi connectivity index (χ1v) is 21.3. The van der Waals surface area contributed by atoms with Gasteiger partial charge in [0.2, 0.25) is 0 Å². The van der Waals surface area contributed by atoms with Crippen LogP contribution in [-0.2, 0) is 0 Å². The van der Waals surface area contributed by atoms with Crippen LogP contribution < -0.4 is 4.90 Å². The highest BCUT2D eigenvalue weighted by molar-refractivity contribution is 6.10. The zero-order chi connectivity index (χ0) is 41.2. The molecule has 0 N–H and O–H groups in total. The number of anilines is 3. The van der Waals surface area contributed by atoms with E-state index in [9.17, 15) is 0 Å². The molecule has 0 amide bonds. The van der Waals surface area contributed by atoms with Gasteiger partial charge in [-0.05, 0) is 116 Å². The van der Waals surface area contributed by atoms with Crippen LogP contribution in [0.3, 0.4) is 0 Å². The van der Waals surface area contributed by atoms with E-state index >= 15 is 0 Å². The molecule has 0 spiro atoms. The molecule has 2 nitrogen and oxygen atoms in total. The number of rotatable bonds is 9. The fourth-order valence-corrected chi connectivity index (χ4v) is 9.03. The van der Waals surface area contributed by atoms with E-state index in [-0.39, 0.29) is 0 Å². The van der Waals surface area contributed by atoms with Crippen LogP contribution in [-0.4, -0.2) is 4.57 Å². The molecule has 1 heterocycles. The van der Waals surface area contributed by atoms with Crippen LogP contribution in [0.2, 0.25) is 0 Å². The fourth-order valence-electron chi connectivity index (χ4n) is 9.03. The molecule has 0 saturated carbocycles. The van der Waals surface area contributed by atoms with Crippen molar-refractivity contribution >= 4 is 38.9 Å². The Kier molecular flexibility index (Phi) is 9.57. The Labute approximate surface area is 362 Å². The predicted molar refractivity (Wildman–Crippen MR) is 263 cm³/mol. The van der Waals surface area contributed by atoms with Gasteiger partial charge in [0.25, 0.3) is 0 Å². The molecular weight excluding hydrogens is 749 g/mol. The van der Waals surface area contributed by atoms with E-state index in [1.807, 2.05) is 0 Å². The molecule has 10 aromatic carbocycles. The summed E-state index contributed by atoms with van der Waals surface area (Å²) in [5.41, 5.74) is 18.6. The second-order valence-corrected chi connectivity index (χ2v) is 15.8. The molecule has 0 bridgehead atoms. The first kappa shape index (κ1) is 36.8. The van der Waals surface area contributed by atoms with Gasteiger partial charge in [0, 0.05) is 33.5 Å². The minimum absolute atomic E-state index is 1.09. The monoisotopic (exact) mass is 790 g/mol. The molecule has 11 rings (SSSR count). The standard InChI is InChI=1S/C60H42N2/c1-4-18-43(19-5-1)46-24-14-28-51(38-46)61(52-29-15-25-47(39-52)44-20-6-2-7-21-44)53-30-16-26-48(40-53)49-36-37-58-57-34-12-13-35-59(57)62(60(58)42-49)54-31-17-27-50(41-54)56-33-11-10-32-55(56)45-22-8-3-9-23-45/h1-42H. The van der Waals surface area contributed by atoms with E-state index in [2.05, 4.69) is 264 Å². The van der Waals surface area contributed by atoms with Crippen LogP contribution in [0.25, 0.3) is 83.1 Å². The van der Waals surface area contributed by atoms with Gasteiger partial charge in [0.15, 0.2) is 0 Å². The summed E-state index contributed by atoms with van der Waals surface area (Å²) in [6.45, 7) is 0. The summed E-state index contributed by atoms with van der Waals surface area (Å²) >= 11 is 0. The van der Waals surface area contributed by atoms with Gasteiger partial charge in [-0.3, -0.25) is 0 Å². The first-order valence-electron chi connectivity index (χ1n) is 21.3. The van der Waals surface area contributed by atoms with Crippen molar-refractivity contribution in [3.05, 3.63) is 255 Å². The van der Waals surface area contributed by atoms with Crippen LogP contribution in [0.4, 0.5) is 17.1 Å². The van der Waals surface area contributed by atoms with E-state index < -0.39 is 0 Å². The summed E-state index contributed by atoms with van der Waals surface area (Å²) in [6, 6.07) is 92.1. The largest absolute Gasteiger partial charge is 0.310 e. The van der Waals surface area contributed by atoms with E-state index in [0.717, 1.165) is 33.9 Å². The topological polar surface area (TPSA) is 8.17 Å². The normalized spacial score (nSPS) is 11.2. The van der Waals surface area contributed by atoms with Crippen LogP contribution >= 0.6 is 0 Å². The number of hydrogen-bond donors (Lipinski definition) is 0. The van der Waals surface area contributed by atoms with Crippen molar-refractivity contribution in [1.82, 2.24) is 4.57 Å². The number of fused-ring (bicyclic) bond motifs is 3. The Bertz CT molecular complexity index is 3260. The molecule has 0 aliphatic heterocycles. The number of hydrogen-bond acceptors (Lipinski definition) is 1. The van der Waals surface area contributed by atoms with E-state index in [0.29, 0.717) is 0 Å². The Morgan fingerprint density at radius 3 is 1.26 bits per heavy atom. The third kappa shape index (κ3) is 6.94. The van der Waals surface area contributed by atoms with E-state index in [4.69, 9.17) is 0 Å². The smallest absolute Gasteiger partial charge is 0.0547 e. The predicted octanol–water partition coefficient (Wildman–Crippen LogP) is 16.6. The summed E-state index contributed by atoms with van der Waals surface area (Å²) in [5.74, 6) is 0. The fraction of sp³-hybridized carbons (Fsp3) is 0. The van der Waals surface area contributed by atoms with E-state index in [1.165, 1.54) is 66.3 Å². The number of aromatic nitrogens is 1. The van der Waals surface area contributed by atoms with Crippen molar-refractivity contribution in [3.63, 3.8) is 0 Å². The molecule has 292 valence electrons. The quantitative estimate of drug-likeness (QED) is 0.141. The molecule has 62 heavy (non-hydrogen) atoms. The summed E-state index contributed by atoms with van der Waals surface area (Å²) < 4.78 is 2.43. The van der Waals surface area contributed by atoms with Crippen molar-refractivity contribution in [3.8, 4) is 61.3 Å². The van der Waals surface area contributed by atoms with Crippen molar-refractivity contribution in [2.45, 2.75) is 0 Å². The van der Waals surface area contributed by atoms with Crippen LogP contribution in [0.5, 0.6) is 0 Å². The molecule has 1 aromatic heterocycles. The van der Waals surface area contributed by atoms with Gasteiger partial charge in [-0.15, -0.1) is 0 Å². The van der Waals surface area contributed by atoms with Crippen molar-refractivity contribution in [2.75, 3.05) is 4.90 Å². The molecule has 2 heteroatoms. The summed E-state index contributed by atoms with van der Waals surface area (Å²) in [7, 11) is 0. The number of benzene rings is 10. The molecule has 0 aliphatic rings. The second kappa shape index (κ2) is 16.1. The van der Waals surface area contributed by atoms with E-state index in [1.54, 1.807) is 0 Å². The zero-order valence-corrected chi connectivity index (χ0v) is 34.1. The van der Waals surface area contributed by atoms with Gasteiger partial charge in [0.1, 0.15) is 0 Å². The Balaban J connectivity index is 1.04. The van der Waals surface area contributed by atoms with Gasteiger partial charge in [-0.2, -0.15) is 0 Å². The molecule has 0 unspecified atom stereocenters. The van der Waals surface area contributed by atoms with Gasteiger partial charge in [0.05, 0.1) is 11.0 Å². The molecule has 0 saturated heterocycles. The molecule has 11 aromatic rings. The number of nitrogens with zero attached hydrogens (tertiary/aromatic N) is 2. The SMILES string of the molecule is c1ccc(-c2cccc(N(c3cccc(-c4ccccc4)c3)c3cccc(-c4ccc5c6ccccc6n(-c6cccc(-c7ccccc7-c7ccccc7)c6)c5c4)c3)c2)cc1. The van der Waals surface area contributed by atoms with Gasteiger partial charge in [-0.1, -0.05) is 194 Å². The Hall–Kier alpha value is -8.20. The molecule has 0 aliphatic carbocycles. The van der Waals surface area contributed by atoms with Gasteiger partial charge >= 0.3 is 0 Å². The van der Waals surface area contributed by atoms with Crippen molar-refractivity contribution in [1.29, 1.82) is 0 Å². The lowest BCUT2D eigenvalue weighted by Gasteiger charge is -2.27. The van der Waals surface area contributed by atoms with Crippen LogP contribution in [0, 0.1) is 0 Å². The molecular formula is C60H42N2. The molecule has 0 radical (unpaired) electrons. The minimum Gasteiger partial charge on any atom is -0.310 e. The lowest BCUT2D eigenvalue weighted by molar-refractivity contribution is 1.18. The first-order chi connectivity index (χ1) is 30.7. The summed E-state index contributed by atoms with van der Waals surface area (Å²) in [5, 5.41) is 2.47. The lowest BCUT2D eigenvalue weighted by atomic mass is 9.94. The zero-order valence-electron chi connectivity index (χ0n) is 34.1. The highest BCUT2D eigenvalue weighted by atomic mass is 15.1. The van der Waals surface area contributed by atoms with Gasteiger partial charge in [-0.25, -0.2) is 0 Å². The third-order valence-corrected chi connectivity index (χ3v) is 12.0. The van der Waals surface area contributed by atoms with Crippen LogP contribution in [0.1, 0.15) is 0 Å². The average Bonchev–Trinajstić information content (AvgIpc) is 3.69. The lowest BCUT2D eigenvalue weighted by Crippen LogP contribution is -2.10. The Morgan fingerprint density at radius 2 is 0.661 bits per heavy atom. The highest BCUT2D eigenvalue weighted by Gasteiger charge is 2.18. The second-order valence-electron chi connectivity index (χ2n) is 15.8. The minimum atomic E-state index is 1.09. The molecule has 0 fully saturated rings. The number of para-hydroxylation sites is 1. The maximum absolute atomic E-state index is 2.43. The summed E-state index contributed by atoms with van der Waals surface area (Å²) in [4.78, 5) is 2.39. The van der Waals surface area contributed by atoms with Crippen molar-refractivity contribution < 1.29 is 0 Å². The Morgan fingerprint density at radius 1 is 0.242 bits per heavy atom. The summed E-state index contributed by atoms with van der Waals surface area (Å²) in [6.07, 6.45) is 0. The third-order valence-electron chi connectivity index (χ3n) is 12.0. The van der Waals surface area contributed by atoms with Crippen molar-refractivity contribution in [2.24, 2.45) is 0 Å². The van der Waals surface area contributed by atoms with Gasteiger partial charge < -0.3 is 9.47 Å². The maximum atomic E-state index is 2.43. The molecule has 0 atom stereocenters. The average molecular weight is 791 g/mol. The highest BCUT2D eigenvalue weighted by Crippen LogP contribution is 2.42. The maximum Gasteiger partial charge on any atom is 0.0547 e. The van der Waals surface area contributed by atoms with Crippen LogP contribution in [0.15, 0.2) is 255 Å².